The molecule has 7 nitrogen and oxygen atoms in total. The van der Waals surface area contributed by atoms with Crippen LogP contribution < -0.4 is 10.2 Å². The number of nitrogens with one attached hydrogen (secondary N) is 1. The van der Waals surface area contributed by atoms with E-state index in [4.69, 9.17) is 0 Å². The third-order valence-electron chi connectivity index (χ3n) is 6.79. The van der Waals surface area contributed by atoms with Gasteiger partial charge in [-0.25, -0.2) is 22.9 Å². The van der Waals surface area contributed by atoms with Gasteiger partial charge in [0, 0.05) is 31.8 Å². The van der Waals surface area contributed by atoms with E-state index in [1.54, 1.807) is 11.9 Å². The molecule has 3 aliphatic rings. The molecule has 0 bridgehead atoms. The van der Waals surface area contributed by atoms with Gasteiger partial charge < -0.3 is 15.1 Å². The van der Waals surface area contributed by atoms with E-state index in [2.05, 4.69) is 10.2 Å². The van der Waals surface area contributed by atoms with Crippen molar-refractivity contribution >= 4 is 23.5 Å². The Morgan fingerprint density at radius 3 is 2.50 bits per heavy atom. The zero-order valence-corrected chi connectivity index (χ0v) is 18.0. The van der Waals surface area contributed by atoms with Crippen LogP contribution in [0.1, 0.15) is 38.5 Å². The van der Waals surface area contributed by atoms with Gasteiger partial charge in [-0.1, -0.05) is 6.42 Å². The van der Waals surface area contributed by atoms with Gasteiger partial charge in [0.25, 0.3) is 5.91 Å². The molecule has 32 heavy (non-hydrogen) atoms. The van der Waals surface area contributed by atoms with E-state index in [-0.39, 0.29) is 12.3 Å². The van der Waals surface area contributed by atoms with Gasteiger partial charge in [-0.2, -0.15) is 0 Å². The van der Waals surface area contributed by atoms with E-state index >= 15 is 0 Å². The van der Waals surface area contributed by atoms with Crippen LogP contribution in [0.5, 0.6) is 0 Å². The molecule has 0 aromatic heterocycles. The van der Waals surface area contributed by atoms with E-state index in [1.165, 1.54) is 12.8 Å². The number of urea groups is 1. The largest absolute Gasteiger partial charge is 0.345 e. The average molecular weight is 452 g/mol. The SMILES string of the molecule is CN(CC1CCCN2CCCCC12)C(=O)CC1NC(=O)N(c2cc(F)c(F)c(F)c2)C1=O. The minimum atomic E-state index is -1.69. The molecule has 0 aliphatic carbocycles. The lowest BCUT2D eigenvalue weighted by Gasteiger charge is -2.45. The minimum Gasteiger partial charge on any atom is -0.345 e. The van der Waals surface area contributed by atoms with Crippen molar-refractivity contribution in [3.63, 3.8) is 0 Å². The predicted molar refractivity (Wildman–Crippen MR) is 110 cm³/mol. The Bertz CT molecular complexity index is 903. The first-order valence-electron chi connectivity index (χ1n) is 11.0. The Morgan fingerprint density at radius 2 is 1.78 bits per heavy atom. The summed E-state index contributed by atoms with van der Waals surface area (Å²) in [6.45, 7) is 2.77. The highest BCUT2D eigenvalue weighted by molar-refractivity contribution is 6.22. The summed E-state index contributed by atoms with van der Waals surface area (Å²) in [5.41, 5.74) is -0.424. The molecule has 3 heterocycles. The average Bonchev–Trinajstić information content (AvgIpc) is 3.04. The summed E-state index contributed by atoms with van der Waals surface area (Å²) in [7, 11) is 1.69. The van der Waals surface area contributed by atoms with E-state index in [0.29, 0.717) is 35.5 Å². The van der Waals surface area contributed by atoms with Crippen LogP contribution in [0.2, 0.25) is 0 Å². The van der Waals surface area contributed by atoms with Gasteiger partial charge in [-0.3, -0.25) is 9.59 Å². The van der Waals surface area contributed by atoms with Gasteiger partial charge in [0.2, 0.25) is 5.91 Å². The summed E-state index contributed by atoms with van der Waals surface area (Å²) in [6, 6.07) is -0.437. The summed E-state index contributed by atoms with van der Waals surface area (Å²) in [4.78, 5) is 42.4. The molecule has 3 aliphatic heterocycles. The van der Waals surface area contributed by atoms with Crippen molar-refractivity contribution in [2.24, 2.45) is 5.92 Å². The summed E-state index contributed by atoms with van der Waals surface area (Å²) in [5, 5.41) is 2.38. The van der Waals surface area contributed by atoms with Gasteiger partial charge in [0.1, 0.15) is 6.04 Å². The number of amides is 4. The second-order valence-electron chi connectivity index (χ2n) is 8.88. The number of carbonyl (C=O) groups is 3. The molecule has 3 saturated heterocycles. The van der Waals surface area contributed by atoms with Crippen LogP contribution in [-0.2, 0) is 9.59 Å². The van der Waals surface area contributed by atoms with E-state index in [1.807, 2.05) is 0 Å². The minimum absolute atomic E-state index is 0.259. The van der Waals surface area contributed by atoms with Gasteiger partial charge >= 0.3 is 6.03 Å². The van der Waals surface area contributed by atoms with Crippen LogP contribution in [-0.4, -0.2) is 66.4 Å². The first-order chi connectivity index (χ1) is 15.3. The molecule has 174 valence electrons. The van der Waals surface area contributed by atoms with Crippen LogP contribution in [0.3, 0.4) is 0 Å². The number of fused-ring (bicyclic) bond motifs is 1. The first-order valence-corrected chi connectivity index (χ1v) is 11.0. The molecule has 1 N–H and O–H groups in total. The lowest BCUT2D eigenvalue weighted by molar-refractivity contribution is -0.133. The Labute approximate surface area is 184 Å². The number of imide groups is 1. The number of halogens is 3. The van der Waals surface area contributed by atoms with Crippen LogP contribution in [0.4, 0.5) is 23.7 Å². The van der Waals surface area contributed by atoms with Crippen LogP contribution in [0.15, 0.2) is 12.1 Å². The standard InChI is InChI=1S/C22H27F3N4O3/c1-27(12-13-5-4-8-28-7-3-2-6-18(13)28)19(30)11-17-21(31)29(22(32)26-17)14-9-15(23)20(25)16(24)10-14/h9-10,13,17-18H,2-8,11-12H2,1H3,(H,26,32). The highest BCUT2D eigenvalue weighted by Gasteiger charge is 2.41. The molecule has 0 saturated carbocycles. The molecule has 0 spiro atoms. The predicted octanol–water partition coefficient (Wildman–Crippen LogP) is 2.64. The monoisotopic (exact) mass is 452 g/mol. The van der Waals surface area contributed by atoms with E-state index < -0.39 is 41.1 Å². The Morgan fingerprint density at radius 1 is 1.09 bits per heavy atom. The fourth-order valence-corrected chi connectivity index (χ4v) is 5.16. The van der Waals surface area contributed by atoms with Crippen LogP contribution >= 0.6 is 0 Å². The number of benzene rings is 1. The molecule has 10 heteroatoms. The Hall–Kier alpha value is -2.62. The van der Waals surface area contributed by atoms with Crippen molar-refractivity contribution in [2.75, 3.05) is 31.6 Å². The number of hydrogen-bond donors (Lipinski definition) is 1. The van der Waals surface area contributed by atoms with Crippen molar-refractivity contribution in [1.82, 2.24) is 15.1 Å². The number of hydrogen-bond acceptors (Lipinski definition) is 4. The topological polar surface area (TPSA) is 73.0 Å². The van der Waals surface area contributed by atoms with Gasteiger partial charge in [-0.15, -0.1) is 0 Å². The second-order valence-corrected chi connectivity index (χ2v) is 8.88. The third-order valence-corrected chi connectivity index (χ3v) is 6.79. The zero-order valence-electron chi connectivity index (χ0n) is 18.0. The zero-order chi connectivity index (χ0) is 23.0. The molecule has 0 radical (unpaired) electrons. The van der Waals surface area contributed by atoms with Crippen LogP contribution in [0.25, 0.3) is 0 Å². The summed E-state index contributed by atoms with van der Waals surface area (Å²) in [5.74, 6) is -5.44. The lowest BCUT2D eigenvalue weighted by Crippen LogP contribution is -2.51. The van der Waals surface area contributed by atoms with Crippen molar-refractivity contribution in [1.29, 1.82) is 0 Å². The molecule has 4 amide bonds. The highest BCUT2D eigenvalue weighted by Crippen LogP contribution is 2.31. The molecule has 1 aromatic rings. The second kappa shape index (κ2) is 9.09. The maximum Gasteiger partial charge on any atom is 0.329 e. The Kier molecular flexibility index (Phi) is 6.41. The normalized spacial score (nSPS) is 26.1. The summed E-state index contributed by atoms with van der Waals surface area (Å²) < 4.78 is 40.3. The molecule has 4 rings (SSSR count). The number of rotatable bonds is 5. The van der Waals surface area contributed by atoms with Gasteiger partial charge in [0.15, 0.2) is 17.5 Å². The number of anilines is 1. The molecule has 3 fully saturated rings. The molecular weight excluding hydrogens is 425 g/mol. The number of piperidine rings is 2. The quantitative estimate of drug-likeness (QED) is 0.551. The fraction of sp³-hybridized carbons (Fsp3) is 0.591. The highest BCUT2D eigenvalue weighted by atomic mass is 19.2. The third kappa shape index (κ3) is 4.32. The molecular formula is C22H27F3N4O3. The summed E-state index contributed by atoms with van der Waals surface area (Å²) in [6.07, 6.45) is 5.42. The molecule has 3 atom stereocenters. The lowest BCUT2D eigenvalue weighted by atomic mass is 9.83. The first kappa shape index (κ1) is 22.6. The van der Waals surface area contributed by atoms with Gasteiger partial charge in [-0.05, 0) is 44.7 Å². The number of carbonyl (C=O) groups excluding carboxylic acids is 3. The maximum absolute atomic E-state index is 13.6. The van der Waals surface area contributed by atoms with Crippen molar-refractivity contribution in [3.05, 3.63) is 29.6 Å². The number of nitrogens with zero attached hydrogens (tertiary/aromatic N) is 3. The molecule has 3 unspecified atom stereocenters. The molecule has 1 aromatic carbocycles. The van der Waals surface area contributed by atoms with Crippen molar-refractivity contribution in [3.8, 4) is 0 Å². The van der Waals surface area contributed by atoms with Crippen molar-refractivity contribution in [2.45, 2.75) is 50.6 Å². The van der Waals surface area contributed by atoms with Crippen molar-refractivity contribution < 1.29 is 27.6 Å². The van der Waals surface area contributed by atoms with Gasteiger partial charge in [0.05, 0.1) is 12.1 Å². The Balaban J connectivity index is 1.39. The fourth-order valence-electron chi connectivity index (χ4n) is 5.16. The van der Waals surface area contributed by atoms with E-state index in [9.17, 15) is 27.6 Å². The maximum atomic E-state index is 13.6. The smallest absolute Gasteiger partial charge is 0.329 e. The van der Waals surface area contributed by atoms with E-state index in [0.717, 1.165) is 32.4 Å². The summed E-state index contributed by atoms with van der Waals surface area (Å²) >= 11 is 0. The van der Waals surface area contributed by atoms with Crippen LogP contribution in [0, 0.1) is 23.4 Å².